The number of anilines is 1. The molecule has 0 spiro atoms. The average Bonchev–Trinajstić information content (AvgIpc) is 2.85. The van der Waals surface area contributed by atoms with Gasteiger partial charge in [-0.05, 0) is 71.1 Å². The van der Waals surface area contributed by atoms with Gasteiger partial charge in [0.1, 0.15) is 18.2 Å². The molecule has 0 saturated carbocycles. The van der Waals surface area contributed by atoms with Crippen molar-refractivity contribution < 1.29 is 9.53 Å². The molecule has 1 amide bonds. The van der Waals surface area contributed by atoms with E-state index in [2.05, 4.69) is 5.32 Å². The van der Waals surface area contributed by atoms with E-state index in [1.165, 1.54) is 6.08 Å². The number of benzene rings is 4. The van der Waals surface area contributed by atoms with Gasteiger partial charge in [-0.25, -0.2) is 0 Å². The summed E-state index contributed by atoms with van der Waals surface area (Å²) in [5, 5.41) is 15.2. The molecule has 0 atom stereocenters. The number of nitrogens with one attached hydrogen (secondary N) is 1. The molecule has 174 valence electrons. The zero-order valence-electron chi connectivity index (χ0n) is 19.2. The van der Waals surface area contributed by atoms with E-state index in [9.17, 15) is 10.1 Å². The molecule has 0 aliphatic carbocycles. The minimum absolute atomic E-state index is 0.0672. The molecule has 0 fully saturated rings. The molecule has 0 aromatic heterocycles. The van der Waals surface area contributed by atoms with Crippen LogP contribution in [0.4, 0.5) is 5.69 Å². The van der Waals surface area contributed by atoms with Crippen molar-refractivity contribution in [3.63, 3.8) is 0 Å². The molecule has 6 heteroatoms. The first-order chi connectivity index (χ1) is 16.9. The maximum absolute atomic E-state index is 12.7. The highest BCUT2D eigenvalue weighted by Gasteiger charge is 2.14. The van der Waals surface area contributed by atoms with Crippen LogP contribution in [0.3, 0.4) is 0 Å². The van der Waals surface area contributed by atoms with Gasteiger partial charge >= 0.3 is 0 Å². The predicted molar refractivity (Wildman–Crippen MR) is 143 cm³/mol. The van der Waals surface area contributed by atoms with Crippen LogP contribution >= 0.6 is 23.2 Å². The number of fused-ring (bicyclic) bond motifs is 1. The minimum Gasteiger partial charge on any atom is -0.486 e. The number of amides is 1. The van der Waals surface area contributed by atoms with Crippen molar-refractivity contribution in [1.29, 1.82) is 5.26 Å². The van der Waals surface area contributed by atoms with Crippen LogP contribution in [0.25, 0.3) is 16.8 Å². The number of hydrogen-bond donors (Lipinski definition) is 1. The summed E-state index contributed by atoms with van der Waals surface area (Å²) in [6, 6.07) is 24.9. The Hall–Kier alpha value is -3.78. The van der Waals surface area contributed by atoms with Crippen LogP contribution < -0.4 is 10.1 Å². The lowest BCUT2D eigenvalue weighted by molar-refractivity contribution is -0.112. The van der Waals surface area contributed by atoms with Crippen molar-refractivity contribution in [2.45, 2.75) is 20.5 Å². The summed E-state index contributed by atoms with van der Waals surface area (Å²) in [5.41, 5.74) is 4.10. The Morgan fingerprint density at radius 2 is 1.69 bits per heavy atom. The van der Waals surface area contributed by atoms with Crippen LogP contribution in [0.2, 0.25) is 10.0 Å². The summed E-state index contributed by atoms with van der Waals surface area (Å²) in [7, 11) is 0. The van der Waals surface area contributed by atoms with E-state index < -0.39 is 5.91 Å². The normalized spacial score (nSPS) is 11.2. The third-order valence-electron chi connectivity index (χ3n) is 5.80. The van der Waals surface area contributed by atoms with Crippen molar-refractivity contribution in [2.75, 3.05) is 5.32 Å². The maximum atomic E-state index is 12.7. The first kappa shape index (κ1) is 24.3. The van der Waals surface area contributed by atoms with E-state index in [0.717, 1.165) is 27.5 Å². The number of hydrogen-bond acceptors (Lipinski definition) is 3. The van der Waals surface area contributed by atoms with Crippen molar-refractivity contribution >= 4 is 51.6 Å². The van der Waals surface area contributed by atoms with Gasteiger partial charge < -0.3 is 10.1 Å². The highest BCUT2D eigenvalue weighted by Crippen LogP contribution is 2.36. The van der Waals surface area contributed by atoms with E-state index in [4.69, 9.17) is 27.9 Å². The zero-order chi connectivity index (χ0) is 24.9. The van der Waals surface area contributed by atoms with Crippen molar-refractivity contribution in [3.8, 4) is 11.8 Å². The van der Waals surface area contributed by atoms with E-state index in [1.54, 1.807) is 18.2 Å². The van der Waals surface area contributed by atoms with Gasteiger partial charge in [0.2, 0.25) is 0 Å². The molecular weight excluding hydrogens is 479 g/mol. The Balaban J connectivity index is 1.54. The van der Waals surface area contributed by atoms with Crippen LogP contribution in [0, 0.1) is 25.2 Å². The van der Waals surface area contributed by atoms with Gasteiger partial charge in [-0.3, -0.25) is 4.79 Å². The third kappa shape index (κ3) is 5.49. The topological polar surface area (TPSA) is 62.1 Å². The van der Waals surface area contributed by atoms with Crippen molar-refractivity contribution in [1.82, 2.24) is 0 Å². The number of carbonyl (C=O) groups is 1. The quantitative estimate of drug-likeness (QED) is 0.216. The first-order valence-electron chi connectivity index (χ1n) is 10.9. The van der Waals surface area contributed by atoms with Gasteiger partial charge in [-0.2, -0.15) is 5.26 Å². The van der Waals surface area contributed by atoms with Gasteiger partial charge in [0.25, 0.3) is 5.91 Å². The molecule has 0 aliphatic heterocycles. The Morgan fingerprint density at radius 1 is 1.00 bits per heavy atom. The minimum atomic E-state index is -0.510. The van der Waals surface area contributed by atoms with Crippen molar-refractivity contribution in [3.05, 3.63) is 111 Å². The molecule has 4 aromatic carbocycles. The van der Waals surface area contributed by atoms with E-state index in [1.807, 2.05) is 74.5 Å². The van der Waals surface area contributed by atoms with Crippen LogP contribution in [0.5, 0.6) is 5.75 Å². The Morgan fingerprint density at radius 3 is 2.43 bits per heavy atom. The third-order valence-corrected chi connectivity index (χ3v) is 6.36. The lowest BCUT2D eigenvalue weighted by Crippen LogP contribution is -2.14. The largest absolute Gasteiger partial charge is 0.486 e. The molecule has 0 unspecified atom stereocenters. The highest BCUT2D eigenvalue weighted by atomic mass is 35.5. The first-order valence-corrected chi connectivity index (χ1v) is 11.7. The van der Waals surface area contributed by atoms with Gasteiger partial charge in [-0.15, -0.1) is 0 Å². The second-order valence-corrected chi connectivity index (χ2v) is 8.93. The second kappa shape index (κ2) is 10.7. The Labute approximate surface area is 214 Å². The summed E-state index contributed by atoms with van der Waals surface area (Å²) in [5.74, 6) is -0.165. The lowest BCUT2D eigenvalue weighted by atomic mass is 10.1. The monoisotopic (exact) mass is 500 g/mol. The van der Waals surface area contributed by atoms with Gasteiger partial charge in [-0.1, -0.05) is 77.8 Å². The standard InChI is InChI=1S/C29H22Cl2N2O2/c1-18-7-5-12-27(19(18)2)33-29(34)23(16-32)13-20-14-25(30)28(26(31)15-20)35-17-22-10-6-9-21-8-3-4-11-24(21)22/h3-15H,17H2,1-2H3,(H,33,34)/b23-13+. The second-order valence-electron chi connectivity index (χ2n) is 8.11. The molecular formula is C29H22Cl2N2O2. The molecule has 0 bridgehead atoms. The number of rotatable bonds is 6. The summed E-state index contributed by atoms with van der Waals surface area (Å²) < 4.78 is 5.97. The highest BCUT2D eigenvalue weighted by molar-refractivity contribution is 6.37. The van der Waals surface area contributed by atoms with E-state index in [0.29, 0.717) is 17.0 Å². The number of nitriles is 1. The Bertz CT molecular complexity index is 1470. The molecule has 0 saturated heterocycles. The van der Waals surface area contributed by atoms with Gasteiger partial charge in [0.05, 0.1) is 10.0 Å². The number of aryl methyl sites for hydroxylation is 1. The van der Waals surface area contributed by atoms with Gasteiger partial charge in [0, 0.05) is 5.69 Å². The number of carbonyl (C=O) groups excluding carboxylic acids is 1. The SMILES string of the molecule is Cc1cccc(NC(=O)/C(C#N)=C/c2cc(Cl)c(OCc3cccc4ccccc34)c(Cl)c2)c1C. The number of halogens is 2. The summed E-state index contributed by atoms with van der Waals surface area (Å²) in [6.07, 6.45) is 1.45. The predicted octanol–water partition coefficient (Wildman–Crippen LogP) is 7.89. The fourth-order valence-electron chi connectivity index (χ4n) is 3.76. The maximum Gasteiger partial charge on any atom is 0.266 e. The smallest absolute Gasteiger partial charge is 0.266 e. The van der Waals surface area contributed by atoms with Crippen LogP contribution in [-0.2, 0) is 11.4 Å². The fraction of sp³-hybridized carbons (Fsp3) is 0.103. The average molecular weight is 501 g/mol. The molecule has 0 radical (unpaired) electrons. The molecule has 4 nitrogen and oxygen atoms in total. The molecule has 0 heterocycles. The summed E-state index contributed by atoms with van der Waals surface area (Å²) >= 11 is 12.9. The lowest BCUT2D eigenvalue weighted by Gasteiger charge is -2.13. The summed E-state index contributed by atoms with van der Waals surface area (Å²) in [6.45, 7) is 4.16. The summed E-state index contributed by atoms with van der Waals surface area (Å²) in [4.78, 5) is 12.7. The van der Waals surface area contributed by atoms with Crippen LogP contribution in [0.15, 0.2) is 78.4 Å². The number of ether oxygens (including phenoxy) is 1. The molecule has 4 rings (SSSR count). The van der Waals surface area contributed by atoms with E-state index >= 15 is 0 Å². The molecule has 0 aliphatic rings. The van der Waals surface area contributed by atoms with Crippen molar-refractivity contribution in [2.24, 2.45) is 0 Å². The molecule has 35 heavy (non-hydrogen) atoms. The number of nitrogens with zero attached hydrogens (tertiary/aromatic N) is 1. The Kier molecular flexibility index (Phi) is 7.41. The molecule has 4 aromatic rings. The zero-order valence-corrected chi connectivity index (χ0v) is 20.7. The fourth-order valence-corrected chi connectivity index (χ4v) is 4.37. The molecule has 1 N–H and O–H groups in total. The van der Waals surface area contributed by atoms with Crippen LogP contribution in [-0.4, -0.2) is 5.91 Å². The van der Waals surface area contributed by atoms with E-state index in [-0.39, 0.29) is 22.2 Å². The van der Waals surface area contributed by atoms with Gasteiger partial charge in [0.15, 0.2) is 5.75 Å². The van der Waals surface area contributed by atoms with Crippen LogP contribution in [0.1, 0.15) is 22.3 Å².